The Labute approximate surface area is 109 Å². The fourth-order valence-electron chi connectivity index (χ4n) is 1.58. The predicted octanol–water partition coefficient (Wildman–Crippen LogP) is 3.59. The normalized spacial score (nSPS) is 12.7. The van der Waals surface area contributed by atoms with Crippen molar-refractivity contribution in [3.8, 4) is 11.5 Å². The maximum Gasteiger partial charge on any atom is 0.240 e. The zero-order valence-corrected chi connectivity index (χ0v) is 11.7. The third-order valence-corrected chi connectivity index (χ3v) is 3.53. The second kappa shape index (κ2) is 4.96. The number of aromatic nitrogens is 3. The highest BCUT2D eigenvalue weighted by Crippen LogP contribution is 2.26. The summed E-state index contributed by atoms with van der Waals surface area (Å²) < 4.78 is 5.21. The molecule has 2 rings (SSSR count). The molecular formula is C12H14BrN3O. The Morgan fingerprint density at radius 2 is 2.18 bits per heavy atom. The minimum absolute atomic E-state index is 0.106. The van der Waals surface area contributed by atoms with Gasteiger partial charge in [-0.3, -0.25) is 4.98 Å². The van der Waals surface area contributed by atoms with Crippen molar-refractivity contribution in [2.45, 2.75) is 32.0 Å². The van der Waals surface area contributed by atoms with Crippen LogP contribution >= 0.6 is 15.9 Å². The van der Waals surface area contributed by atoms with E-state index in [1.807, 2.05) is 20.0 Å². The first-order valence-corrected chi connectivity index (χ1v) is 6.44. The van der Waals surface area contributed by atoms with Crippen molar-refractivity contribution in [3.05, 3.63) is 29.3 Å². The van der Waals surface area contributed by atoms with E-state index in [1.165, 1.54) is 0 Å². The molecule has 0 saturated carbocycles. The average Bonchev–Trinajstić information content (AvgIpc) is 2.77. The largest absolute Gasteiger partial charge is 0.338 e. The smallest absolute Gasteiger partial charge is 0.240 e. The van der Waals surface area contributed by atoms with Gasteiger partial charge in [-0.25, -0.2) is 0 Å². The Kier molecular flexibility index (Phi) is 3.57. The lowest BCUT2D eigenvalue weighted by Gasteiger charge is -2.00. The van der Waals surface area contributed by atoms with Gasteiger partial charge in [0.1, 0.15) is 5.69 Å². The predicted molar refractivity (Wildman–Crippen MR) is 69.0 cm³/mol. The van der Waals surface area contributed by atoms with Crippen LogP contribution in [0.25, 0.3) is 11.5 Å². The number of pyridine rings is 1. The van der Waals surface area contributed by atoms with E-state index >= 15 is 0 Å². The van der Waals surface area contributed by atoms with E-state index in [4.69, 9.17) is 4.52 Å². The zero-order valence-electron chi connectivity index (χ0n) is 10.1. The summed E-state index contributed by atoms with van der Waals surface area (Å²) in [5.74, 6) is 1.15. The topological polar surface area (TPSA) is 51.8 Å². The number of rotatable bonds is 3. The van der Waals surface area contributed by atoms with Crippen LogP contribution in [0.5, 0.6) is 0 Å². The first-order valence-electron chi connectivity index (χ1n) is 5.53. The van der Waals surface area contributed by atoms with Gasteiger partial charge >= 0.3 is 0 Å². The SMILES string of the molecule is CCC(Br)c1nc(-c2ncc(C)cc2C)no1. The molecule has 0 aliphatic carbocycles. The van der Waals surface area contributed by atoms with Crippen LogP contribution in [-0.4, -0.2) is 15.1 Å². The van der Waals surface area contributed by atoms with Gasteiger partial charge < -0.3 is 4.52 Å². The van der Waals surface area contributed by atoms with Gasteiger partial charge in [-0.2, -0.15) is 4.98 Å². The van der Waals surface area contributed by atoms with E-state index in [-0.39, 0.29) is 4.83 Å². The Balaban J connectivity index is 2.37. The molecule has 1 unspecified atom stereocenters. The highest BCUT2D eigenvalue weighted by atomic mass is 79.9. The summed E-state index contributed by atoms with van der Waals surface area (Å²) in [5, 5.41) is 3.97. The molecule has 0 amide bonds. The van der Waals surface area contributed by atoms with Gasteiger partial charge in [0.05, 0.1) is 4.83 Å². The lowest BCUT2D eigenvalue weighted by Crippen LogP contribution is -1.92. The van der Waals surface area contributed by atoms with Crippen LogP contribution < -0.4 is 0 Å². The molecule has 0 aliphatic rings. The molecule has 0 aliphatic heterocycles. The number of hydrogen-bond acceptors (Lipinski definition) is 4. The molecule has 2 aromatic heterocycles. The molecule has 0 spiro atoms. The zero-order chi connectivity index (χ0) is 12.4. The van der Waals surface area contributed by atoms with Crippen molar-refractivity contribution in [1.29, 1.82) is 0 Å². The maximum absolute atomic E-state index is 5.21. The summed E-state index contributed by atoms with van der Waals surface area (Å²) in [6.07, 6.45) is 2.71. The molecule has 1 atom stereocenters. The highest BCUT2D eigenvalue weighted by Gasteiger charge is 2.16. The van der Waals surface area contributed by atoms with Crippen LogP contribution in [0.4, 0.5) is 0 Å². The number of alkyl halides is 1. The van der Waals surface area contributed by atoms with Gasteiger partial charge in [0, 0.05) is 6.20 Å². The summed E-state index contributed by atoms with van der Waals surface area (Å²) in [7, 11) is 0. The van der Waals surface area contributed by atoms with E-state index in [1.54, 1.807) is 0 Å². The quantitative estimate of drug-likeness (QED) is 0.812. The monoisotopic (exact) mass is 295 g/mol. The Morgan fingerprint density at radius 3 is 2.82 bits per heavy atom. The third-order valence-electron chi connectivity index (χ3n) is 2.49. The highest BCUT2D eigenvalue weighted by molar-refractivity contribution is 9.09. The van der Waals surface area contributed by atoms with Crippen molar-refractivity contribution in [2.75, 3.05) is 0 Å². The van der Waals surface area contributed by atoms with Crippen LogP contribution in [0.15, 0.2) is 16.8 Å². The number of aryl methyl sites for hydroxylation is 2. The molecule has 0 fully saturated rings. The molecule has 2 aromatic rings. The van der Waals surface area contributed by atoms with Crippen molar-refractivity contribution in [2.24, 2.45) is 0 Å². The molecule has 0 aromatic carbocycles. The minimum Gasteiger partial charge on any atom is -0.338 e. The van der Waals surface area contributed by atoms with Crippen LogP contribution in [-0.2, 0) is 0 Å². The van der Waals surface area contributed by atoms with Gasteiger partial charge in [0.2, 0.25) is 11.7 Å². The Bertz CT molecular complexity index is 524. The number of hydrogen-bond donors (Lipinski definition) is 0. The van der Waals surface area contributed by atoms with Crippen molar-refractivity contribution in [3.63, 3.8) is 0 Å². The second-order valence-electron chi connectivity index (χ2n) is 4.01. The first-order chi connectivity index (χ1) is 8.11. The molecule has 90 valence electrons. The van der Waals surface area contributed by atoms with Crippen LogP contribution in [0.1, 0.15) is 35.2 Å². The Hall–Kier alpha value is -1.23. The Morgan fingerprint density at radius 1 is 1.41 bits per heavy atom. The molecular weight excluding hydrogens is 282 g/mol. The standard InChI is InChI=1S/C12H14BrN3O/c1-4-9(13)12-15-11(16-17-12)10-8(3)5-7(2)6-14-10/h5-6,9H,4H2,1-3H3. The second-order valence-corrected chi connectivity index (χ2v) is 5.12. The molecule has 0 radical (unpaired) electrons. The maximum atomic E-state index is 5.21. The summed E-state index contributed by atoms with van der Waals surface area (Å²) in [5.41, 5.74) is 2.96. The molecule has 5 heteroatoms. The molecule has 17 heavy (non-hydrogen) atoms. The van der Waals surface area contributed by atoms with Crippen LogP contribution in [0.3, 0.4) is 0 Å². The molecule has 0 bridgehead atoms. The van der Waals surface area contributed by atoms with Gasteiger partial charge in [-0.15, -0.1) is 0 Å². The van der Waals surface area contributed by atoms with Gasteiger partial charge in [-0.1, -0.05) is 34.1 Å². The molecule has 0 saturated heterocycles. The lowest BCUT2D eigenvalue weighted by molar-refractivity contribution is 0.376. The average molecular weight is 296 g/mol. The summed E-state index contributed by atoms with van der Waals surface area (Å²) >= 11 is 3.48. The van der Waals surface area contributed by atoms with E-state index < -0.39 is 0 Å². The summed E-state index contributed by atoms with van der Waals surface area (Å²) in [4.78, 5) is 8.81. The fourth-order valence-corrected chi connectivity index (χ4v) is 1.77. The molecule has 0 N–H and O–H groups in total. The van der Waals surface area contributed by atoms with Crippen molar-refractivity contribution >= 4 is 15.9 Å². The van der Waals surface area contributed by atoms with E-state index in [0.717, 1.165) is 23.2 Å². The number of halogens is 1. The first kappa shape index (κ1) is 12.2. The summed E-state index contributed by atoms with van der Waals surface area (Å²) in [6, 6.07) is 2.06. The van der Waals surface area contributed by atoms with Gasteiger partial charge in [0.15, 0.2) is 0 Å². The van der Waals surface area contributed by atoms with Crippen LogP contribution in [0, 0.1) is 13.8 Å². The van der Waals surface area contributed by atoms with Gasteiger partial charge in [-0.05, 0) is 31.4 Å². The molecule has 4 nitrogen and oxygen atoms in total. The van der Waals surface area contributed by atoms with Gasteiger partial charge in [0.25, 0.3) is 0 Å². The van der Waals surface area contributed by atoms with E-state index in [0.29, 0.717) is 11.7 Å². The van der Waals surface area contributed by atoms with Crippen molar-refractivity contribution < 1.29 is 4.52 Å². The van der Waals surface area contributed by atoms with E-state index in [9.17, 15) is 0 Å². The van der Waals surface area contributed by atoms with Crippen molar-refractivity contribution in [1.82, 2.24) is 15.1 Å². The number of nitrogens with zero attached hydrogens (tertiary/aromatic N) is 3. The lowest BCUT2D eigenvalue weighted by atomic mass is 10.1. The summed E-state index contributed by atoms with van der Waals surface area (Å²) in [6.45, 7) is 6.06. The van der Waals surface area contributed by atoms with Crippen LogP contribution in [0.2, 0.25) is 0 Å². The fraction of sp³-hybridized carbons (Fsp3) is 0.417. The van der Waals surface area contributed by atoms with E-state index in [2.05, 4.69) is 44.0 Å². The third kappa shape index (κ3) is 2.54. The molecule has 2 heterocycles. The minimum atomic E-state index is 0.106.